The summed E-state index contributed by atoms with van der Waals surface area (Å²) < 4.78 is 26.5. The molecule has 0 aliphatic carbocycles. The van der Waals surface area contributed by atoms with Gasteiger partial charge in [0.05, 0.1) is 6.54 Å². The Balaban J connectivity index is 2.21. The molecular formula is C13H18F2N2O2S. The number of carbonyl (C=O) groups excluding carboxylic acids is 1. The third kappa shape index (κ3) is 6.31. The molecule has 112 valence electrons. The Morgan fingerprint density at radius 2 is 1.95 bits per heavy atom. The summed E-state index contributed by atoms with van der Waals surface area (Å²) in [6, 6.07) is 3.41. The molecule has 20 heavy (non-hydrogen) atoms. The van der Waals surface area contributed by atoms with Crippen molar-refractivity contribution in [2.45, 2.75) is 6.42 Å². The predicted molar refractivity (Wildman–Crippen MR) is 76.9 cm³/mol. The lowest BCUT2D eigenvalue weighted by atomic mass is 10.3. The molecule has 0 fully saturated rings. The van der Waals surface area contributed by atoms with E-state index >= 15 is 0 Å². The molecule has 0 aromatic heterocycles. The Morgan fingerprint density at radius 3 is 2.60 bits per heavy atom. The number of anilines is 1. The molecule has 0 aliphatic heterocycles. The van der Waals surface area contributed by atoms with Crippen molar-refractivity contribution in [1.29, 1.82) is 0 Å². The Hall–Kier alpha value is -1.18. The first-order chi connectivity index (χ1) is 9.65. The molecule has 1 aromatic rings. The third-order valence-electron chi connectivity index (χ3n) is 2.38. The summed E-state index contributed by atoms with van der Waals surface area (Å²) in [5, 5.41) is 13.7. The number of benzene rings is 1. The van der Waals surface area contributed by atoms with Crippen LogP contribution in [0.3, 0.4) is 0 Å². The van der Waals surface area contributed by atoms with Gasteiger partial charge in [0.15, 0.2) is 0 Å². The molecule has 0 radical (unpaired) electrons. The van der Waals surface area contributed by atoms with E-state index in [0.717, 1.165) is 30.1 Å². The van der Waals surface area contributed by atoms with E-state index in [-0.39, 0.29) is 13.2 Å². The zero-order valence-electron chi connectivity index (χ0n) is 11.0. The second-order valence-electron chi connectivity index (χ2n) is 4.01. The molecule has 0 heterocycles. The number of aliphatic hydroxyl groups is 1. The van der Waals surface area contributed by atoms with Gasteiger partial charge in [0.25, 0.3) is 0 Å². The number of carbonyl (C=O) groups is 1. The van der Waals surface area contributed by atoms with Gasteiger partial charge < -0.3 is 15.7 Å². The van der Waals surface area contributed by atoms with Gasteiger partial charge in [0.1, 0.15) is 17.3 Å². The van der Waals surface area contributed by atoms with Crippen LogP contribution < -0.4 is 10.6 Å². The molecule has 0 bridgehead atoms. The van der Waals surface area contributed by atoms with Crippen LogP contribution >= 0.6 is 11.8 Å². The molecule has 0 unspecified atom stereocenters. The highest BCUT2D eigenvalue weighted by molar-refractivity contribution is 7.99. The number of nitrogens with one attached hydrogen (secondary N) is 2. The Bertz CT molecular complexity index is 413. The molecule has 0 saturated carbocycles. The average molecular weight is 304 g/mol. The molecule has 7 heteroatoms. The molecule has 0 spiro atoms. The van der Waals surface area contributed by atoms with E-state index in [2.05, 4.69) is 10.6 Å². The van der Waals surface area contributed by atoms with Crippen LogP contribution in [0, 0.1) is 11.6 Å². The predicted octanol–water partition coefficient (Wildman–Crippen LogP) is 1.61. The van der Waals surface area contributed by atoms with E-state index in [0.29, 0.717) is 6.54 Å². The normalized spacial score (nSPS) is 10.6. The number of aliphatic hydroxyl groups excluding tert-OH is 1. The van der Waals surface area contributed by atoms with Crippen LogP contribution in [-0.4, -0.2) is 42.2 Å². The van der Waals surface area contributed by atoms with E-state index < -0.39 is 23.2 Å². The van der Waals surface area contributed by atoms with Crippen LogP contribution in [0.5, 0.6) is 0 Å². The lowest BCUT2D eigenvalue weighted by Crippen LogP contribution is -2.30. The number of halogens is 2. The van der Waals surface area contributed by atoms with Crippen molar-refractivity contribution in [2.75, 3.05) is 36.5 Å². The summed E-state index contributed by atoms with van der Waals surface area (Å²) in [7, 11) is 0. The highest BCUT2D eigenvalue weighted by Crippen LogP contribution is 2.17. The van der Waals surface area contributed by atoms with Crippen molar-refractivity contribution in [2.24, 2.45) is 0 Å². The highest BCUT2D eigenvalue weighted by atomic mass is 32.2. The zero-order chi connectivity index (χ0) is 14.8. The number of rotatable bonds is 9. The van der Waals surface area contributed by atoms with Gasteiger partial charge in [-0.15, -0.1) is 0 Å². The van der Waals surface area contributed by atoms with E-state index in [1.165, 1.54) is 6.07 Å². The summed E-state index contributed by atoms with van der Waals surface area (Å²) >= 11 is 1.66. The quantitative estimate of drug-likeness (QED) is 0.607. The number of hydrogen-bond acceptors (Lipinski definition) is 4. The molecule has 4 nitrogen and oxygen atoms in total. The standard InChI is InChI=1S/C13H18F2N2O2S/c14-10-3-1-4-11(15)13(10)17-12(19)9-16-5-8-20-7-2-6-18/h1,3-4,16,18H,2,5-9H2,(H,17,19). The van der Waals surface area contributed by atoms with Crippen molar-refractivity contribution in [3.63, 3.8) is 0 Å². The maximum absolute atomic E-state index is 13.3. The van der Waals surface area contributed by atoms with E-state index in [1.54, 1.807) is 11.8 Å². The monoisotopic (exact) mass is 304 g/mol. The van der Waals surface area contributed by atoms with Gasteiger partial charge >= 0.3 is 0 Å². The van der Waals surface area contributed by atoms with Crippen LogP contribution in [0.1, 0.15) is 6.42 Å². The topological polar surface area (TPSA) is 61.4 Å². The van der Waals surface area contributed by atoms with Gasteiger partial charge in [-0.1, -0.05) is 6.07 Å². The smallest absolute Gasteiger partial charge is 0.238 e. The van der Waals surface area contributed by atoms with Crippen molar-refractivity contribution in [3.8, 4) is 0 Å². The van der Waals surface area contributed by atoms with Gasteiger partial charge in [-0.25, -0.2) is 8.78 Å². The van der Waals surface area contributed by atoms with E-state index in [1.807, 2.05) is 0 Å². The van der Waals surface area contributed by atoms with Crippen LogP contribution in [0.25, 0.3) is 0 Å². The molecule has 0 aliphatic rings. The second kappa shape index (κ2) is 9.68. The summed E-state index contributed by atoms with van der Waals surface area (Å²) in [5.41, 5.74) is -0.420. The third-order valence-corrected chi connectivity index (χ3v) is 3.45. The van der Waals surface area contributed by atoms with Crippen LogP contribution in [-0.2, 0) is 4.79 Å². The molecule has 1 rings (SSSR count). The van der Waals surface area contributed by atoms with Gasteiger partial charge in [0, 0.05) is 18.9 Å². The van der Waals surface area contributed by atoms with Gasteiger partial charge in [-0.2, -0.15) is 11.8 Å². The first kappa shape index (κ1) is 16.9. The lowest BCUT2D eigenvalue weighted by Gasteiger charge is -2.08. The minimum absolute atomic E-state index is 0.00562. The maximum atomic E-state index is 13.3. The van der Waals surface area contributed by atoms with Crippen LogP contribution in [0.15, 0.2) is 18.2 Å². The molecule has 0 saturated heterocycles. The first-order valence-electron chi connectivity index (χ1n) is 6.28. The Labute approximate surface area is 120 Å². The number of para-hydroxylation sites is 1. The minimum Gasteiger partial charge on any atom is -0.396 e. The first-order valence-corrected chi connectivity index (χ1v) is 7.44. The Kier molecular flexibility index (Phi) is 8.17. The van der Waals surface area contributed by atoms with Crippen molar-refractivity contribution < 1.29 is 18.7 Å². The van der Waals surface area contributed by atoms with Crippen LogP contribution in [0.2, 0.25) is 0 Å². The molecule has 3 N–H and O–H groups in total. The van der Waals surface area contributed by atoms with Gasteiger partial charge in [-0.05, 0) is 24.3 Å². The van der Waals surface area contributed by atoms with E-state index in [9.17, 15) is 13.6 Å². The fourth-order valence-corrected chi connectivity index (χ4v) is 2.24. The minimum atomic E-state index is -0.794. The highest BCUT2D eigenvalue weighted by Gasteiger charge is 2.11. The zero-order valence-corrected chi connectivity index (χ0v) is 11.8. The van der Waals surface area contributed by atoms with Crippen molar-refractivity contribution in [1.82, 2.24) is 5.32 Å². The summed E-state index contributed by atoms with van der Waals surface area (Å²) in [4.78, 5) is 11.5. The molecule has 1 aromatic carbocycles. The largest absolute Gasteiger partial charge is 0.396 e. The van der Waals surface area contributed by atoms with Gasteiger partial charge in [-0.3, -0.25) is 4.79 Å². The van der Waals surface area contributed by atoms with E-state index in [4.69, 9.17) is 5.11 Å². The van der Waals surface area contributed by atoms with Crippen molar-refractivity contribution in [3.05, 3.63) is 29.8 Å². The lowest BCUT2D eigenvalue weighted by molar-refractivity contribution is -0.115. The molecular weight excluding hydrogens is 286 g/mol. The number of amides is 1. The number of thioether (sulfide) groups is 1. The average Bonchev–Trinajstić information content (AvgIpc) is 2.42. The van der Waals surface area contributed by atoms with Gasteiger partial charge in [0.2, 0.25) is 5.91 Å². The molecule has 0 atom stereocenters. The number of hydrogen-bond donors (Lipinski definition) is 3. The summed E-state index contributed by atoms with van der Waals surface area (Å²) in [6.45, 7) is 0.786. The van der Waals surface area contributed by atoms with Crippen LogP contribution in [0.4, 0.5) is 14.5 Å². The molecule has 1 amide bonds. The maximum Gasteiger partial charge on any atom is 0.238 e. The van der Waals surface area contributed by atoms with Crippen molar-refractivity contribution >= 4 is 23.4 Å². The SMILES string of the molecule is O=C(CNCCSCCCO)Nc1c(F)cccc1F. The Morgan fingerprint density at radius 1 is 1.25 bits per heavy atom. The fraction of sp³-hybridized carbons (Fsp3) is 0.462. The fourth-order valence-electron chi connectivity index (χ4n) is 1.42. The second-order valence-corrected chi connectivity index (χ2v) is 5.24. The summed E-state index contributed by atoms with van der Waals surface area (Å²) in [5.74, 6) is -0.406. The summed E-state index contributed by atoms with van der Waals surface area (Å²) in [6.07, 6.45) is 0.748.